The minimum atomic E-state index is -0.708. The van der Waals surface area contributed by atoms with Crippen LogP contribution in [0.2, 0.25) is 10.0 Å². The van der Waals surface area contributed by atoms with Gasteiger partial charge in [-0.15, -0.1) is 0 Å². The van der Waals surface area contributed by atoms with E-state index in [4.69, 9.17) is 35.4 Å². The molecule has 0 spiro atoms. The summed E-state index contributed by atoms with van der Waals surface area (Å²) in [6.07, 6.45) is 4.18. The van der Waals surface area contributed by atoms with Crippen molar-refractivity contribution in [3.63, 3.8) is 0 Å². The van der Waals surface area contributed by atoms with Crippen molar-refractivity contribution in [1.29, 1.82) is 0 Å². The van der Waals surface area contributed by atoms with Crippen LogP contribution in [0.15, 0.2) is 48.9 Å². The number of carbonyl (C=O) groups excluding carboxylic acids is 1. The quantitative estimate of drug-likeness (QED) is 0.424. The third-order valence-corrected chi connectivity index (χ3v) is 7.15. The number of amides is 1. The van der Waals surface area contributed by atoms with Crippen LogP contribution >= 0.6 is 35.4 Å². The first-order valence-electron chi connectivity index (χ1n) is 11.1. The Kier molecular flexibility index (Phi) is 8.26. The molecule has 1 aliphatic heterocycles. The number of hydrogen-bond acceptors (Lipinski definition) is 4. The standard InChI is InChI=1S/C25H22Cl2F2N4OS/c26-19-5-4-15(10-20(19)27)12-31-25(35)18-13-30-14-32-24(18)16-6-8-33(9-7-16)23(34)11-17-21(28)2-1-3-22(17)29/h1-5,10,13-14,16H,6-9,11-12H2,(H,31,35). The molecule has 0 saturated carbocycles. The van der Waals surface area contributed by atoms with Crippen molar-refractivity contribution >= 4 is 46.3 Å². The summed E-state index contributed by atoms with van der Waals surface area (Å²) in [4.78, 5) is 23.5. The van der Waals surface area contributed by atoms with E-state index in [-0.39, 0.29) is 23.8 Å². The maximum absolute atomic E-state index is 13.9. The van der Waals surface area contributed by atoms with E-state index in [1.165, 1.54) is 12.4 Å². The summed E-state index contributed by atoms with van der Waals surface area (Å²) in [5.41, 5.74) is 2.29. The molecule has 0 unspecified atom stereocenters. The Balaban J connectivity index is 1.38. The smallest absolute Gasteiger partial charge is 0.227 e. The summed E-state index contributed by atoms with van der Waals surface area (Å²) in [7, 11) is 0. The lowest BCUT2D eigenvalue weighted by atomic mass is 9.90. The molecule has 182 valence electrons. The van der Waals surface area contributed by atoms with Crippen molar-refractivity contribution in [3.8, 4) is 0 Å². The lowest BCUT2D eigenvalue weighted by molar-refractivity contribution is -0.131. The summed E-state index contributed by atoms with van der Waals surface area (Å²) in [6.45, 7) is 1.39. The fourth-order valence-electron chi connectivity index (χ4n) is 4.13. The zero-order valence-corrected chi connectivity index (χ0v) is 20.9. The summed E-state index contributed by atoms with van der Waals surface area (Å²) >= 11 is 17.7. The number of nitrogens with one attached hydrogen (secondary N) is 1. The highest BCUT2D eigenvalue weighted by Crippen LogP contribution is 2.29. The number of carbonyl (C=O) groups is 1. The Morgan fingerprint density at radius 3 is 2.51 bits per heavy atom. The van der Waals surface area contributed by atoms with Crippen molar-refractivity contribution in [2.24, 2.45) is 0 Å². The number of rotatable bonds is 6. The van der Waals surface area contributed by atoms with E-state index in [0.717, 1.165) is 29.0 Å². The molecule has 0 atom stereocenters. The molecule has 1 fully saturated rings. The highest BCUT2D eigenvalue weighted by atomic mass is 35.5. The largest absolute Gasteiger partial charge is 0.372 e. The molecule has 35 heavy (non-hydrogen) atoms. The van der Waals surface area contributed by atoms with Crippen molar-refractivity contribution in [1.82, 2.24) is 20.2 Å². The molecule has 0 aliphatic carbocycles. The second-order valence-corrected chi connectivity index (χ2v) is 9.51. The van der Waals surface area contributed by atoms with Gasteiger partial charge in [0.15, 0.2) is 0 Å². The third kappa shape index (κ3) is 6.12. The molecule has 3 aromatic rings. The van der Waals surface area contributed by atoms with Gasteiger partial charge in [-0.3, -0.25) is 4.79 Å². The summed E-state index contributed by atoms with van der Waals surface area (Å²) < 4.78 is 27.9. The van der Waals surface area contributed by atoms with Gasteiger partial charge in [-0.05, 0) is 42.7 Å². The molecule has 10 heteroatoms. The Hall–Kier alpha value is -2.68. The van der Waals surface area contributed by atoms with Crippen LogP contribution in [0.5, 0.6) is 0 Å². The Labute approximate surface area is 217 Å². The Bertz CT molecular complexity index is 1230. The number of nitrogens with zero attached hydrogens (tertiary/aromatic N) is 3. The topological polar surface area (TPSA) is 58.1 Å². The zero-order chi connectivity index (χ0) is 24.9. The van der Waals surface area contributed by atoms with E-state index in [9.17, 15) is 13.6 Å². The van der Waals surface area contributed by atoms with Crippen LogP contribution in [0.1, 0.15) is 41.1 Å². The minimum absolute atomic E-state index is 0.0759. The number of likely N-dealkylation sites (tertiary alicyclic amines) is 1. The molecule has 1 saturated heterocycles. The maximum Gasteiger partial charge on any atom is 0.227 e. The van der Waals surface area contributed by atoms with E-state index >= 15 is 0 Å². The van der Waals surface area contributed by atoms with Crippen molar-refractivity contribution in [3.05, 3.63) is 93.0 Å². The van der Waals surface area contributed by atoms with Gasteiger partial charge in [0, 0.05) is 42.9 Å². The van der Waals surface area contributed by atoms with Crippen LogP contribution in [0.25, 0.3) is 0 Å². The molecule has 0 bridgehead atoms. The highest BCUT2D eigenvalue weighted by molar-refractivity contribution is 7.80. The van der Waals surface area contributed by atoms with E-state index < -0.39 is 11.6 Å². The van der Waals surface area contributed by atoms with Crippen molar-refractivity contribution in [2.75, 3.05) is 13.1 Å². The Morgan fingerprint density at radius 2 is 1.83 bits per heavy atom. The lowest BCUT2D eigenvalue weighted by Crippen LogP contribution is -2.39. The minimum Gasteiger partial charge on any atom is -0.372 e. The first kappa shape index (κ1) is 25.4. The van der Waals surface area contributed by atoms with Gasteiger partial charge in [-0.2, -0.15) is 0 Å². The summed E-state index contributed by atoms with van der Waals surface area (Å²) in [6, 6.07) is 8.98. The van der Waals surface area contributed by atoms with E-state index in [1.54, 1.807) is 23.2 Å². The third-order valence-electron chi connectivity index (χ3n) is 6.05. The van der Waals surface area contributed by atoms with Gasteiger partial charge in [0.1, 0.15) is 23.0 Å². The van der Waals surface area contributed by atoms with E-state index in [1.807, 2.05) is 6.07 Å². The van der Waals surface area contributed by atoms with Crippen LogP contribution in [0.3, 0.4) is 0 Å². The molecule has 5 nitrogen and oxygen atoms in total. The van der Waals surface area contributed by atoms with E-state index in [2.05, 4.69) is 15.3 Å². The lowest BCUT2D eigenvalue weighted by Gasteiger charge is -2.32. The number of halogens is 4. The van der Waals surface area contributed by atoms with E-state index in [0.29, 0.717) is 47.5 Å². The monoisotopic (exact) mass is 534 g/mol. The van der Waals surface area contributed by atoms with Crippen LogP contribution in [0.4, 0.5) is 8.78 Å². The molecule has 2 aromatic carbocycles. The summed E-state index contributed by atoms with van der Waals surface area (Å²) in [5, 5.41) is 4.18. The highest BCUT2D eigenvalue weighted by Gasteiger charge is 2.28. The predicted molar refractivity (Wildman–Crippen MR) is 136 cm³/mol. The molecule has 1 N–H and O–H groups in total. The SMILES string of the molecule is O=C(Cc1c(F)cccc1F)N1CCC(c2ncncc2C(=S)NCc2ccc(Cl)c(Cl)c2)CC1. The normalized spacial score (nSPS) is 14.1. The van der Waals surface area contributed by atoms with Crippen molar-refractivity contribution < 1.29 is 13.6 Å². The number of thiocarbonyl (C=S) groups is 1. The molecule has 2 heterocycles. The van der Waals surface area contributed by atoms with Crippen LogP contribution in [0, 0.1) is 11.6 Å². The molecule has 4 rings (SSSR count). The molecular formula is C25H22Cl2F2N4OS. The maximum atomic E-state index is 13.9. The molecular weight excluding hydrogens is 513 g/mol. The molecule has 1 aliphatic rings. The average molecular weight is 535 g/mol. The number of aromatic nitrogens is 2. The second kappa shape index (κ2) is 11.4. The van der Waals surface area contributed by atoms with Crippen LogP contribution < -0.4 is 5.32 Å². The van der Waals surface area contributed by atoms with Gasteiger partial charge in [-0.25, -0.2) is 18.7 Å². The fourth-order valence-corrected chi connectivity index (χ4v) is 4.68. The average Bonchev–Trinajstić information content (AvgIpc) is 2.87. The van der Waals surface area contributed by atoms with Crippen LogP contribution in [-0.4, -0.2) is 38.9 Å². The van der Waals surface area contributed by atoms with Gasteiger partial charge in [-0.1, -0.05) is 47.6 Å². The molecule has 0 radical (unpaired) electrons. The number of benzene rings is 2. The number of piperidine rings is 1. The van der Waals surface area contributed by atoms with Gasteiger partial charge in [0.25, 0.3) is 0 Å². The zero-order valence-electron chi connectivity index (χ0n) is 18.6. The second-order valence-electron chi connectivity index (χ2n) is 8.28. The molecule has 1 amide bonds. The van der Waals surface area contributed by atoms with Gasteiger partial charge < -0.3 is 10.2 Å². The first-order chi connectivity index (χ1) is 16.8. The summed E-state index contributed by atoms with van der Waals surface area (Å²) in [5.74, 6) is -1.64. The van der Waals surface area contributed by atoms with Crippen molar-refractivity contribution in [2.45, 2.75) is 31.7 Å². The van der Waals surface area contributed by atoms with Gasteiger partial charge in [0.2, 0.25) is 5.91 Å². The van der Waals surface area contributed by atoms with Gasteiger partial charge >= 0.3 is 0 Å². The van der Waals surface area contributed by atoms with Gasteiger partial charge in [0.05, 0.1) is 22.2 Å². The Morgan fingerprint density at radius 1 is 1.11 bits per heavy atom. The predicted octanol–water partition coefficient (Wildman–Crippen LogP) is 5.48. The number of hydrogen-bond donors (Lipinski definition) is 1. The first-order valence-corrected chi connectivity index (χ1v) is 12.2. The van der Waals surface area contributed by atoms with Crippen LogP contribution in [-0.2, 0) is 17.8 Å². The molecule has 1 aromatic heterocycles. The fraction of sp³-hybridized carbons (Fsp3) is 0.280.